The molecule has 0 aliphatic carbocycles. The Morgan fingerprint density at radius 2 is 2.00 bits per heavy atom. The normalized spacial score (nSPS) is 15.0. The number of aliphatic imine (C=N–C) groups is 1. The number of hydrogen-bond acceptors (Lipinski definition) is 3. The van der Waals surface area contributed by atoms with Crippen molar-refractivity contribution >= 4 is 5.96 Å². The van der Waals surface area contributed by atoms with E-state index < -0.39 is 0 Å². The van der Waals surface area contributed by atoms with Gasteiger partial charge in [-0.15, -0.1) is 0 Å². The van der Waals surface area contributed by atoms with Gasteiger partial charge in [0.15, 0.2) is 0 Å². The van der Waals surface area contributed by atoms with Gasteiger partial charge in [0.1, 0.15) is 0 Å². The number of guanidine groups is 1. The molecule has 0 amide bonds. The monoisotopic (exact) mass is 125 g/mol. The maximum Gasteiger partial charge on any atom is 0.286 e. The largest absolute Gasteiger partial charge is 0.286 e. The molecule has 0 bridgehead atoms. The molecule has 1 aliphatic heterocycles. The molecule has 0 aromatic rings. The lowest BCUT2D eigenvalue weighted by Gasteiger charge is -1.82. The molecule has 1 rings (SSSR count). The maximum absolute atomic E-state index is 3.94. The van der Waals surface area contributed by atoms with E-state index in [1.165, 1.54) is 0 Å². The zero-order chi connectivity index (χ0) is 6.53. The van der Waals surface area contributed by atoms with Crippen molar-refractivity contribution in [2.75, 3.05) is 6.54 Å². The average molecular weight is 125 g/mol. The molecule has 0 saturated heterocycles. The SMILES string of the molecule is CCCN=C1N=NN=N1. The lowest BCUT2D eigenvalue weighted by atomic mass is 10.5. The van der Waals surface area contributed by atoms with Gasteiger partial charge in [0, 0.05) is 6.54 Å². The van der Waals surface area contributed by atoms with Gasteiger partial charge >= 0.3 is 0 Å². The summed E-state index contributed by atoms with van der Waals surface area (Å²) < 4.78 is 0. The molecule has 0 spiro atoms. The molecule has 48 valence electrons. The highest BCUT2D eigenvalue weighted by atomic mass is 15.6. The third kappa shape index (κ3) is 1.67. The number of hydrogen-bond donors (Lipinski definition) is 0. The van der Waals surface area contributed by atoms with Crippen LogP contribution in [0.3, 0.4) is 0 Å². The van der Waals surface area contributed by atoms with Gasteiger partial charge in [-0.3, -0.25) is 0 Å². The third-order valence-corrected chi connectivity index (χ3v) is 0.785. The van der Waals surface area contributed by atoms with Gasteiger partial charge in [0.05, 0.1) is 0 Å². The summed E-state index contributed by atoms with van der Waals surface area (Å²) in [7, 11) is 0. The summed E-state index contributed by atoms with van der Waals surface area (Å²) >= 11 is 0. The van der Waals surface area contributed by atoms with Crippen molar-refractivity contribution < 1.29 is 0 Å². The van der Waals surface area contributed by atoms with Crippen molar-refractivity contribution in [3.63, 3.8) is 0 Å². The predicted octanol–water partition coefficient (Wildman–Crippen LogP) is 1.59. The highest BCUT2D eigenvalue weighted by Gasteiger charge is 1.96. The summed E-state index contributed by atoms with van der Waals surface area (Å²) in [4.78, 5) is 3.94. The molecule has 1 heterocycles. The zero-order valence-corrected chi connectivity index (χ0v) is 5.15. The van der Waals surface area contributed by atoms with Crippen LogP contribution in [0.4, 0.5) is 0 Å². The van der Waals surface area contributed by atoms with Crippen LogP contribution in [-0.4, -0.2) is 12.5 Å². The number of rotatable bonds is 2. The summed E-state index contributed by atoms with van der Waals surface area (Å²) in [5.74, 6) is 0.386. The van der Waals surface area contributed by atoms with Crippen LogP contribution in [0.25, 0.3) is 0 Å². The van der Waals surface area contributed by atoms with Crippen molar-refractivity contribution in [3.8, 4) is 0 Å². The predicted molar refractivity (Wildman–Crippen MR) is 32.3 cm³/mol. The van der Waals surface area contributed by atoms with Crippen molar-refractivity contribution in [1.29, 1.82) is 0 Å². The first-order valence-corrected chi connectivity index (χ1v) is 2.79. The van der Waals surface area contributed by atoms with E-state index in [0.29, 0.717) is 5.96 Å². The molecule has 1 aliphatic rings. The Kier molecular flexibility index (Phi) is 2.00. The quantitative estimate of drug-likeness (QED) is 0.538. The fourth-order valence-electron chi connectivity index (χ4n) is 0.415. The lowest BCUT2D eigenvalue weighted by molar-refractivity contribution is 0.927. The van der Waals surface area contributed by atoms with E-state index in [9.17, 15) is 0 Å². The van der Waals surface area contributed by atoms with Gasteiger partial charge in [0.25, 0.3) is 5.96 Å². The average Bonchev–Trinajstić information content (AvgIpc) is 2.34. The van der Waals surface area contributed by atoms with Gasteiger partial charge in [0.2, 0.25) is 0 Å². The van der Waals surface area contributed by atoms with Crippen LogP contribution in [0.15, 0.2) is 25.7 Å². The molecule has 0 atom stereocenters. The Morgan fingerprint density at radius 3 is 2.56 bits per heavy atom. The van der Waals surface area contributed by atoms with Crippen LogP contribution in [0.5, 0.6) is 0 Å². The van der Waals surface area contributed by atoms with Crippen molar-refractivity contribution in [1.82, 2.24) is 0 Å². The molecule has 0 fully saturated rings. The second kappa shape index (κ2) is 3.01. The van der Waals surface area contributed by atoms with Gasteiger partial charge in [-0.2, -0.15) is 0 Å². The summed E-state index contributed by atoms with van der Waals surface area (Å²) in [6, 6.07) is 0. The number of nitrogens with zero attached hydrogens (tertiary/aromatic N) is 5. The van der Waals surface area contributed by atoms with Crippen LogP contribution < -0.4 is 0 Å². The Bertz CT molecular complexity index is 154. The summed E-state index contributed by atoms with van der Waals surface area (Å²) in [6.45, 7) is 2.78. The third-order valence-electron chi connectivity index (χ3n) is 0.785. The Morgan fingerprint density at radius 1 is 1.33 bits per heavy atom. The smallest absolute Gasteiger partial charge is 0.247 e. The van der Waals surface area contributed by atoms with E-state index in [1.807, 2.05) is 6.92 Å². The fraction of sp³-hybridized carbons (Fsp3) is 0.750. The minimum Gasteiger partial charge on any atom is -0.247 e. The highest BCUT2D eigenvalue weighted by molar-refractivity contribution is 5.81. The lowest BCUT2D eigenvalue weighted by Crippen LogP contribution is -1.85. The topological polar surface area (TPSA) is 61.8 Å². The van der Waals surface area contributed by atoms with E-state index in [2.05, 4.69) is 25.7 Å². The molecule has 0 saturated carbocycles. The maximum atomic E-state index is 3.94. The highest BCUT2D eigenvalue weighted by Crippen LogP contribution is 1.97. The Hall–Kier alpha value is -1.13. The van der Waals surface area contributed by atoms with Gasteiger partial charge < -0.3 is 0 Å². The first kappa shape index (κ1) is 6.00. The summed E-state index contributed by atoms with van der Waals surface area (Å²) in [5.41, 5.74) is 0. The first-order chi connectivity index (χ1) is 4.43. The summed E-state index contributed by atoms with van der Waals surface area (Å²) in [6.07, 6.45) is 0.995. The molecular formula is C4H7N5. The van der Waals surface area contributed by atoms with Crippen LogP contribution in [0.2, 0.25) is 0 Å². The van der Waals surface area contributed by atoms with E-state index in [1.54, 1.807) is 0 Å². The van der Waals surface area contributed by atoms with Crippen molar-refractivity contribution in [2.24, 2.45) is 25.7 Å². The van der Waals surface area contributed by atoms with Gasteiger partial charge in [-0.1, -0.05) is 17.2 Å². The fourth-order valence-corrected chi connectivity index (χ4v) is 0.415. The second-order valence-electron chi connectivity index (χ2n) is 1.56. The Balaban J connectivity index is 2.42. The van der Waals surface area contributed by atoms with Crippen molar-refractivity contribution in [2.45, 2.75) is 13.3 Å². The van der Waals surface area contributed by atoms with Crippen LogP contribution in [0, 0.1) is 0 Å². The molecular weight excluding hydrogens is 118 g/mol. The molecule has 0 N–H and O–H groups in total. The van der Waals surface area contributed by atoms with Crippen LogP contribution in [-0.2, 0) is 0 Å². The van der Waals surface area contributed by atoms with Crippen LogP contribution >= 0.6 is 0 Å². The molecule has 0 unspecified atom stereocenters. The molecule has 9 heavy (non-hydrogen) atoms. The minimum absolute atomic E-state index is 0.386. The molecule has 5 nitrogen and oxygen atoms in total. The Labute approximate surface area is 52.6 Å². The van der Waals surface area contributed by atoms with Crippen molar-refractivity contribution in [3.05, 3.63) is 0 Å². The van der Waals surface area contributed by atoms with E-state index in [4.69, 9.17) is 0 Å². The van der Waals surface area contributed by atoms with E-state index in [0.717, 1.165) is 13.0 Å². The van der Waals surface area contributed by atoms with Gasteiger partial charge in [-0.25, -0.2) is 4.99 Å². The van der Waals surface area contributed by atoms with E-state index in [-0.39, 0.29) is 0 Å². The summed E-state index contributed by atoms with van der Waals surface area (Å²) in [5, 5.41) is 13.6. The zero-order valence-electron chi connectivity index (χ0n) is 5.15. The second-order valence-corrected chi connectivity index (χ2v) is 1.56. The molecule has 0 radical (unpaired) electrons. The minimum atomic E-state index is 0.386. The molecule has 0 aromatic carbocycles. The standard InChI is InChI=1S/C4H7N5/c1-2-3-5-4-6-8-9-7-4/h2-3H2,1H3. The molecule has 5 heteroatoms. The van der Waals surface area contributed by atoms with Gasteiger partial charge in [-0.05, 0) is 16.9 Å². The molecule has 0 aromatic heterocycles. The van der Waals surface area contributed by atoms with Crippen LogP contribution in [0.1, 0.15) is 13.3 Å². The first-order valence-electron chi connectivity index (χ1n) is 2.79. The van der Waals surface area contributed by atoms with E-state index >= 15 is 0 Å².